The number of hydrogen-bond donors (Lipinski definition) is 1. The van der Waals surface area contributed by atoms with Crippen LogP contribution >= 0.6 is 15.9 Å². The average molecular weight is 308 g/mol. The second-order valence-electron chi connectivity index (χ2n) is 4.30. The van der Waals surface area contributed by atoms with Gasteiger partial charge in [-0.15, -0.1) is 0 Å². The van der Waals surface area contributed by atoms with Crippen LogP contribution in [0.25, 0.3) is 0 Å². The van der Waals surface area contributed by atoms with E-state index in [0.29, 0.717) is 0 Å². The van der Waals surface area contributed by atoms with Gasteiger partial charge in [0, 0.05) is 23.9 Å². The standard InChI is InChI=1S/C14H18BrN3/c1-3-8-16-13(14-17-9-10-18(14)2)11-6-4-5-7-12(11)15/h4-7,9-10,13,16H,3,8H2,1-2H3. The van der Waals surface area contributed by atoms with Gasteiger partial charge in [0.1, 0.15) is 5.82 Å². The first kappa shape index (κ1) is 13.3. The van der Waals surface area contributed by atoms with E-state index in [9.17, 15) is 0 Å². The van der Waals surface area contributed by atoms with Crippen molar-refractivity contribution in [2.45, 2.75) is 19.4 Å². The fourth-order valence-electron chi connectivity index (χ4n) is 1.99. The summed E-state index contributed by atoms with van der Waals surface area (Å²) in [5.41, 5.74) is 1.22. The number of aryl methyl sites for hydroxylation is 1. The van der Waals surface area contributed by atoms with E-state index in [1.165, 1.54) is 5.56 Å². The van der Waals surface area contributed by atoms with Crippen molar-refractivity contribution in [3.8, 4) is 0 Å². The summed E-state index contributed by atoms with van der Waals surface area (Å²) in [5, 5.41) is 3.56. The highest BCUT2D eigenvalue weighted by Gasteiger charge is 2.19. The predicted octanol–water partition coefficient (Wildman–Crippen LogP) is 3.27. The maximum atomic E-state index is 4.47. The summed E-state index contributed by atoms with van der Waals surface area (Å²) >= 11 is 3.62. The molecule has 3 nitrogen and oxygen atoms in total. The Labute approximate surface area is 116 Å². The van der Waals surface area contributed by atoms with Crippen LogP contribution in [0.4, 0.5) is 0 Å². The molecule has 1 N–H and O–H groups in total. The molecule has 4 heteroatoms. The van der Waals surface area contributed by atoms with Gasteiger partial charge in [-0.25, -0.2) is 4.98 Å². The molecule has 2 aromatic rings. The molecule has 0 aliphatic carbocycles. The number of halogens is 1. The average Bonchev–Trinajstić information content (AvgIpc) is 2.78. The van der Waals surface area contributed by atoms with Gasteiger partial charge in [0.15, 0.2) is 0 Å². The molecular formula is C14H18BrN3. The van der Waals surface area contributed by atoms with Gasteiger partial charge in [0.05, 0.1) is 6.04 Å². The summed E-state index contributed by atoms with van der Waals surface area (Å²) in [6.07, 6.45) is 4.92. The van der Waals surface area contributed by atoms with Gasteiger partial charge in [0.2, 0.25) is 0 Å². The highest BCUT2D eigenvalue weighted by molar-refractivity contribution is 9.10. The van der Waals surface area contributed by atoms with E-state index in [4.69, 9.17) is 0 Å². The molecule has 1 unspecified atom stereocenters. The lowest BCUT2D eigenvalue weighted by Gasteiger charge is -2.20. The molecule has 18 heavy (non-hydrogen) atoms. The summed E-state index contributed by atoms with van der Waals surface area (Å²) in [6, 6.07) is 8.41. The number of nitrogens with one attached hydrogen (secondary N) is 1. The van der Waals surface area contributed by atoms with Crippen LogP contribution in [0.5, 0.6) is 0 Å². The number of rotatable bonds is 5. The minimum atomic E-state index is 0.125. The molecule has 0 saturated carbocycles. The van der Waals surface area contributed by atoms with E-state index in [2.05, 4.69) is 55.9 Å². The minimum absolute atomic E-state index is 0.125. The molecular weight excluding hydrogens is 290 g/mol. The Balaban J connectivity index is 2.37. The van der Waals surface area contributed by atoms with Crippen molar-refractivity contribution in [3.05, 3.63) is 52.5 Å². The fraction of sp³-hybridized carbons (Fsp3) is 0.357. The van der Waals surface area contributed by atoms with Gasteiger partial charge in [-0.05, 0) is 24.6 Å². The molecule has 0 radical (unpaired) electrons. The monoisotopic (exact) mass is 307 g/mol. The Kier molecular flexibility index (Phi) is 4.55. The number of aromatic nitrogens is 2. The first-order chi connectivity index (χ1) is 8.74. The van der Waals surface area contributed by atoms with Crippen LogP contribution in [0.15, 0.2) is 41.1 Å². The second kappa shape index (κ2) is 6.16. The molecule has 0 amide bonds. The summed E-state index contributed by atoms with van der Waals surface area (Å²) in [7, 11) is 2.03. The Hall–Kier alpha value is -1.13. The zero-order chi connectivity index (χ0) is 13.0. The topological polar surface area (TPSA) is 29.9 Å². The number of nitrogens with zero attached hydrogens (tertiary/aromatic N) is 2. The van der Waals surface area contributed by atoms with Crippen LogP contribution in [0.2, 0.25) is 0 Å². The van der Waals surface area contributed by atoms with Crippen LogP contribution in [-0.2, 0) is 7.05 Å². The molecule has 2 rings (SSSR count). The van der Waals surface area contributed by atoms with Crippen molar-refractivity contribution in [1.29, 1.82) is 0 Å². The van der Waals surface area contributed by atoms with Gasteiger partial charge in [0.25, 0.3) is 0 Å². The van der Waals surface area contributed by atoms with Gasteiger partial charge >= 0.3 is 0 Å². The summed E-state index contributed by atoms with van der Waals surface area (Å²) < 4.78 is 3.17. The summed E-state index contributed by atoms with van der Waals surface area (Å²) in [5.74, 6) is 1.04. The first-order valence-corrected chi connectivity index (χ1v) is 6.98. The maximum absolute atomic E-state index is 4.47. The number of hydrogen-bond acceptors (Lipinski definition) is 2. The van der Waals surface area contributed by atoms with Crippen LogP contribution in [0.3, 0.4) is 0 Å². The predicted molar refractivity (Wildman–Crippen MR) is 77.5 cm³/mol. The molecule has 96 valence electrons. The third-order valence-corrected chi connectivity index (χ3v) is 3.65. The van der Waals surface area contributed by atoms with E-state index < -0.39 is 0 Å². The van der Waals surface area contributed by atoms with E-state index in [-0.39, 0.29) is 6.04 Å². The molecule has 0 bridgehead atoms. The van der Waals surface area contributed by atoms with E-state index in [1.54, 1.807) is 0 Å². The van der Waals surface area contributed by atoms with Gasteiger partial charge in [-0.2, -0.15) is 0 Å². The van der Waals surface area contributed by atoms with Crippen LogP contribution in [-0.4, -0.2) is 16.1 Å². The quantitative estimate of drug-likeness (QED) is 0.919. The molecule has 1 atom stereocenters. The van der Waals surface area contributed by atoms with Crippen molar-refractivity contribution in [3.63, 3.8) is 0 Å². The van der Waals surface area contributed by atoms with E-state index in [0.717, 1.165) is 23.3 Å². The first-order valence-electron chi connectivity index (χ1n) is 6.19. The minimum Gasteiger partial charge on any atom is -0.336 e. The summed E-state index contributed by atoms with van der Waals surface area (Å²) in [4.78, 5) is 4.47. The molecule has 0 spiro atoms. The Morgan fingerprint density at radius 3 is 2.78 bits per heavy atom. The van der Waals surface area contributed by atoms with Crippen molar-refractivity contribution in [2.75, 3.05) is 6.54 Å². The molecule has 0 aliphatic rings. The zero-order valence-corrected chi connectivity index (χ0v) is 12.3. The largest absolute Gasteiger partial charge is 0.336 e. The van der Waals surface area contributed by atoms with Crippen molar-refractivity contribution in [1.82, 2.24) is 14.9 Å². The third kappa shape index (κ3) is 2.82. The maximum Gasteiger partial charge on any atom is 0.130 e. The lowest BCUT2D eigenvalue weighted by molar-refractivity contribution is 0.554. The lowest BCUT2D eigenvalue weighted by atomic mass is 10.1. The van der Waals surface area contributed by atoms with E-state index in [1.807, 2.05) is 25.5 Å². The van der Waals surface area contributed by atoms with Crippen LogP contribution in [0, 0.1) is 0 Å². The molecule has 1 aromatic carbocycles. The second-order valence-corrected chi connectivity index (χ2v) is 5.16. The van der Waals surface area contributed by atoms with E-state index >= 15 is 0 Å². The SMILES string of the molecule is CCCNC(c1ccccc1Br)c1nccn1C. The highest BCUT2D eigenvalue weighted by Crippen LogP contribution is 2.27. The number of imidazole rings is 1. The lowest BCUT2D eigenvalue weighted by Crippen LogP contribution is -2.26. The third-order valence-electron chi connectivity index (χ3n) is 2.93. The fourth-order valence-corrected chi connectivity index (χ4v) is 2.51. The van der Waals surface area contributed by atoms with Gasteiger partial charge in [-0.1, -0.05) is 41.1 Å². The van der Waals surface area contributed by atoms with Crippen molar-refractivity contribution >= 4 is 15.9 Å². The van der Waals surface area contributed by atoms with Gasteiger partial charge < -0.3 is 9.88 Å². The highest BCUT2D eigenvalue weighted by atomic mass is 79.9. The Morgan fingerprint density at radius 1 is 1.39 bits per heavy atom. The van der Waals surface area contributed by atoms with Crippen molar-refractivity contribution in [2.24, 2.45) is 7.05 Å². The smallest absolute Gasteiger partial charge is 0.130 e. The van der Waals surface area contributed by atoms with Gasteiger partial charge in [-0.3, -0.25) is 0 Å². The Morgan fingerprint density at radius 2 is 2.17 bits per heavy atom. The van der Waals surface area contributed by atoms with Crippen LogP contribution in [0.1, 0.15) is 30.8 Å². The molecule has 0 saturated heterocycles. The zero-order valence-electron chi connectivity index (χ0n) is 10.7. The normalized spacial score (nSPS) is 12.6. The van der Waals surface area contributed by atoms with Crippen molar-refractivity contribution < 1.29 is 0 Å². The number of benzene rings is 1. The molecule has 1 heterocycles. The molecule has 0 aliphatic heterocycles. The van der Waals surface area contributed by atoms with Crippen LogP contribution < -0.4 is 5.32 Å². The Bertz CT molecular complexity index is 507. The summed E-state index contributed by atoms with van der Waals surface area (Å²) in [6.45, 7) is 3.14. The molecule has 0 fully saturated rings. The molecule has 1 aromatic heterocycles.